The topological polar surface area (TPSA) is 110 Å². The maximum atomic E-state index is 13.4. The van der Waals surface area contributed by atoms with Crippen molar-refractivity contribution in [2.75, 3.05) is 6.54 Å². The zero-order valence-electron chi connectivity index (χ0n) is 20.0. The van der Waals surface area contributed by atoms with Crippen molar-refractivity contribution >= 4 is 29.0 Å². The molecule has 0 saturated carbocycles. The van der Waals surface area contributed by atoms with E-state index in [0.29, 0.717) is 5.56 Å². The van der Waals surface area contributed by atoms with E-state index in [0.717, 1.165) is 23.8 Å². The fourth-order valence-corrected chi connectivity index (χ4v) is 3.36. The summed E-state index contributed by atoms with van der Waals surface area (Å²) in [5.74, 6) is -3.18. The summed E-state index contributed by atoms with van der Waals surface area (Å²) in [6.45, 7) is 1.77. The summed E-state index contributed by atoms with van der Waals surface area (Å²) >= 11 is 0. The molecule has 0 aliphatic carbocycles. The Kier molecular flexibility index (Phi) is 8.80. The Morgan fingerprint density at radius 2 is 1.34 bits per heavy atom. The van der Waals surface area contributed by atoms with Crippen molar-refractivity contribution in [1.29, 1.82) is 0 Å². The molecule has 0 unspecified atom stereocenters. The van der Waals surface area contributed by atoms with Gasteiger partial charge in [-0.25, -0.2) is 0 Å². The summed E-state index contributed by atoms with van der Waals surface area (Å²) in [6, 6.07) is 16.6. The highest BCUT2D eigenvalue weighted by Crippen LogP contribution is 2.27. The van der Waals surface area contributed by atoms with Gasteiger partial charge >= 0.3 is 12.3 Å². The van der Waals surface area contributed by atoms with Crippen LogP contribution in [0.25, 0.3) is 5.57 Å². The number of Topliss-reactive ketones (excluding diaryl/α,β-unsaturated/α-hetero) is 1. The van der Waals surface area contributed by atoms with Gasteiger partial charge in [-0.15, -0.1) is 13.2 Å². The zero-order valence-corrected chi connectivity index (χ0v) is 20.0. The summed E-state index contributed by atoms with van der Waals surface area (Å²) in [5.41, 5.74) is 1.64. The number of allylic oxidation sites excluding steroid dienone is 2. The number of carboxylic acid groups (broad SMARTS) is 1. The molecule has 38 heavy (non-hydrogen) atoms. The van der Waals surface area contributed by atoms with Crippen molar-refractivity contribution < 1.29 is 42.2 Å². The second-order valence-corrected chi connectivity index (χ2v) is 8.17. The SMILES string of the molecule is Cc1ccc(C(=O)/C=C(/C(=O)c2ccc(C(=O)NCCC(=O)O)cc2)c2ccc(OC(F)(F)F)cc2)cc1. The molecule has 7 nitrogen and oxygen atoms in total. The van der Waals surface area contributed by atoms with Crippen LogP contribution in [-0.4, -0.2) is 41.5 Å². The molecule has 0 heterocycles. The van der Waals surface area contributed by atoms with Crippen LogP contribution >= 0.6 is 0 Å². The number of aryl methyl sites for hydroxylation is 1. The largest absolute Gasteiger partial charge is 0.573 e. The van der Waals surface area contributed by atoms with Crippen LogP contribution in [0.3, 0.4) is 0 Å². The molecule has 0 aliphatic heterocycles. The standard InChI is InChI=1S/C28H22F3NO6/c1-17-2-4-19(5-3-17)24(33)16-23(18-10-12-22(13-11-18)38-28(29,30)31)26(36)20-6-8-21(9-7-20)27(37)32-15-14-25(34)35/h2-13,16H,14-15H2,1H3,(H,32,37)(H,34,35)/b23-16+. The fraction of sp³-hybridized carbons (Fsp3) is 0.143. The first kappa shape index (κ1) is 27.9. The predicted octanol–water partition coefficient (Wildman–Crippen LogP) is 5.25. The van der Waals surface area contributed by atoms with E-state index in [9.17, 15) is 32.3 Å². The summed E-state index contributed by atoms with van der Waals surface area (Å²) < 4.78 is 41.5. The van der Waals surface area contributed by atoms with Crippen molar-refractivity contribution in [1.82, 2.24) is 5.32 Å². The minimum absolute atomic E-state index is 0.0725. The highest BCUT2D eigenvalue weighted by molar-refractivity contribution is 6.32. The maximum absolute atomic E-state index is 13.4. The lowest BCUT2D eigenvalue weighted by molar-refractivity contribution is -0.274. The minimum Gasteiger partial charge on any atom is -0.481 e. The van der Waals surface area contributed by atoms with Gasteiger partial charge in [0.15, 0.2) is 11.6 Å². The van der Waals surface area contributed by atoms with Gasteiger partial charge in [0, 0.05) is 28.8 Å². The van der Waals surface area contributed by atoms with E-state index in [1.165, 1.54) is 36.4 Å². The normalized spacial score (nSPS) is 11.5. The van der Waals surface area contributed by atoms with Crippen molar-refractivity contribution in [3.05, 3.63) is 107 Å². The van der Waals surface area contributed by atoms with E-state index in [-0.39, 0.29) is 35.2 Å². The van der Waals surface area contributed by atoms with Crippen LogP contribution < -0.4 is 10.1 Å². The monoisotopic (exact) mass is 525 g/mol. The third-order valence-corrected chi connectivity index (χ3v) is 5.29. The number of alkyl halides is 3. The second kappa shape index (κ2) is 12.0. The lowest BCUT2D eigenvalue weighted by Gasteiger charge is -2.11. The number of aliphatic carboxylic acids is 1. The third kappa shape index (κ3) is 7.89. The number of ether oxygens (including phenoxy) is 1. The van der Waals surface area contributed by atoms with Gasteiger partial charge in [-0.05, 0) is 42.8 Å². The van der Waals surface area contributed by atoms with Crippen LogP contribution in [-0.2, 0) is 4.79 Å². The van der Waals surface area contributed by atoms with Crippen molar-refractivity contribution in [2.24, 2.45) is 0 Å². The number of benzene rings is 3. The average Bonchev–Trinajstić information content (AvgIpc) is 2.86. The van der Waals surface area contributed by atoms with E-state index in [1.807, 2.05) is 6.92 Å². The highest BCUT2D eigenvalue weighted by Gasteiger charge is 2.31. The first-order valence-electron chi connectivity index (χ1n) is 11.3. The van der Waals surface area contributed by atoms with E-state index < -0.39 is 35.6 Å². The lowest BCUT2D eigenvalue weighted by Crippen LogP contribution is -2.26. The van der Waals surface area contributed by atoms with Gasteiger partial charge in [-0.2, -0.15) is 0 Å². The molecule has 0 saturated heterocycles. The first-order valence-corrected chi connectivity index (χ1v) is 11.3. The van der Waals surface area contributed by atoms with Gasteiger partial charge in [0.2, 0.25) is 0 Å². The minimum atomic E-state index is -4.89. The highest BCUT2D eigenvalue weighted by atomic mass is 19.4. The quantitative estimate of drug-likeness (QED) is 0.277. The lowest BCUT2D eigenvalue weighted by atomic mass is 9.93. The molecule has 3 aromatic carbocycles. The number of rotatable bonds is 10. The van der Waals surface area contributed by atoms with Crippen molar-refractivity contribution in [3.8, 4) is 5.75 Å². The van der Waals surface area contributed by atoms with E-state index in [2.05, 4.69) is 10.1 Å². The second-order valence-electron chi connectivity index (χ2n) is 8.17. The van der Waals surface area contributed by atoms with Crippen LogP contribution in [0.1, 0.15) is 48.6 Å². The number of hydrogen-bond acceptors (Lipinski definition) is 5. The van der Waals surface area contributed by atoms with Gasteiger partial charge in [0.25, 0.3) is 5.91 Å². The molecule has 0 spiro atoms. The molecule has 3 rings (SSSR count). The molecular formula is C28H22F3NO6. The summed E-state index contributed by atoms with van der Waals surface area (Å²) in [5, 5.41) is 11.1. The molecule has 10 heteroatoms. The molecular weight excluding hydrogens is 503 g/mol. The Morgan fingerprint density at radius 1 is 0.816 bits per heavy atom. The number of carbonyl (C=O) groups excluding carboxylic acids is 3. The molecule has 196 valence electrons. The maximum Gasteiger partial charge on any atom is 0.573 e. The number of carboxylic acids is 1. The van der Waals surface area contributed by atoms with Crippen LogP contribution in [0.2, 0.25) is 0 Å². The molecule has 0 bridgehead atoms. The third-order valence-electron chi connectivity index (χ3n) is 5.29. The molecule has 0 aromatic heterocycles. The van der Waals surface area contributed by atoms with Crippen molar-refractivity contribution in [3.63, 3.8) is 0 Å². The van der Waals surface area contributed by atoms with E-state index >= 15 is 0 Å². The number of amides is 1. The Bertz CT molecular complexity index is 1360. The Hall–Kier alpha value is -4.73. The van der Waals surface area contributed by atoms with Gasteiger partial charge in [0.05, 0.1) is 6.42 Å². The molecule has 3 aromatic rings. The summed E-state index contributed by atoms with van der Waals surface area (Å²) in [4.78, 5) is 49.1. The van der Waals surface area contributed by atoms with E-state index in [4.69, 9.17) is 5.11 Å². The summed E-state index contributed by atoms with van der Waals surface area (Å²) in [6.07, 6.45) is -4.03. The number of halogens is 3. The molecule has 2 N–H and O–H groups in total. The zero-order chi connectivity index (χ0) is 27.9. The average molecular weight is 525 g/mol. The van der Waals surface area contributed by atoms with Gasteiger partial charge in [-0.1, -0.05) is 54.1 Å². The number of hydrogen-bond donors (Lipinski definition) is 2. The van der Waals surface area contributed by atoms with Gasteiger partial charge < -0.3 is 15.2 Å². The molecule has 0 radical (unpaired) electrons. The van der Waals surface area contributed by atoms with Gasteiger partial charge in [-0.3, -0.25) is 19.2 Å². The predicted molar refractivity (Wildman–Crippen MR) is 132 cm³/mol. The van der Waals surface area contributed by atoms with Crippen molar-refractivity contribution in [2.45, 2.75) is 19.7 Å². The van der Waals surface area contributed by atoms with Crippen LogP contribution in [0.15, 0.2) is 78.9 Å². The molecule has 0 atom stereocenters. The number of ketones is 2. The van der Waals surface area contributed by atoms with Crippen LogP contribution in [0.4, 0.5) is 13.2 Å². The Labute approximate surface area is 215 Å². The van der Waals surface area contributed by atoms with E-state index in [1.54, 1.807) is 24.3 Å². The Balaban J connectivity index is 1.91. The van der Waals surface area contributed by atoms with Crippen LogP contribution in [0.5, 0.6) is 5.75 Å². The first-order chi connectivity index (χ1) is 17.9. The summed E-state index contributed by atoms with van der Waals surface area (Å²) in [7, 11) is 0. The molecule has 1 amide bonds. The number of nitrogens with one attached hydrogen (secondary N) is 1. The smallest absolute Gasteiger partial charge is 0.481 e. The number of carbonyl (C=O) groups is 4. The Morgan fingerprint density at radius 3 is 1.89 bits per heavy atom. The van der Waals surface area contributed by atoms with Crippen LogP contribution in [0, 0.1) is 6.92 Å². The van der Waals surface area contributed by atoms with Gasteiger partial charge in [0.1, 0.15) is 5.75 Å². The molecule has 0 aliphatic rings. The fourth-order valence-electron chi connectivity index (χ4n) is 3.36. The molecule has 0 fully saturated rings.